The summed E-state index contributed by atoms with van der Waals surface area (Å²) in [6.45, 7) is 0.648. The van der Waals surface area contributed by atoms with Gasteiger partial charge in [-0.3, -0.25) is 9.59 Å². The van der Waals surface area contributed by atoms with Gasteiger partial charge >= 0.3 is 0 Å². The van der Waals surface area contributed by atoms with Crippen LogP contribution in [0.5, 0.6) is 0 Å². The van der Waals surface area contributed by atoms with Crippen molar-refractivity contribution >= 4 is 24.2 Å². The van der Waals surface area contributed by atoms with Crippen molar-refractivity contribution in [2.75, 3.05) is 6.54 Å². The molecule has 2 amide bonds. The summed E-state index contributed by atoms with van der Waals surface area (Å²) >= 11 is 0. The number of nitrogens with zero attached hydrogens (tertiary/aromatic N) is 1. The molecule has 1 aromatic rings. The predicted molar refractivity (Wildman–Crippen MR) is 103 cm³/mol. The van der Waals surface area contributed by atoms with E-state index in [0.29, 0.717) is 37.3 Å². The number of likely N-dealkylation sites (tertiary alicyclic amines) is 1. The van der Waals surface area contributed by atoms with Crippen LogP contribution in [0.1, 0.15) is 50.0 Å². The molecule has 0 aromatic heterocycles. The highest BCUT2D eigenvalue weighted by molar-refractivity contribution is 5.85. The Morgan fingerprint density at radius 3 is 2.69 bits per heavy atom. The second kappa shape index (κ2) is 7.97. The molecule has 26 heavy (non-hydrogen) atoms. The van der Waals surface area contributed by atoms with Crippen molar-refractivity contribution in [1.29, 1.82) is 0 Å². The van der Waals surface area contributed by atoms with E-state index in [9.17, 15) is 9.59 Å². The van der Waals surface area contributed by atoms with Gasteiger partial charge in [0, 0.05) is 37.4 Å². The lowest BCUT2D eigenvalue weighted by Crippen LogP contribution is -2.39. The van der Waals surface area contributed by atoms with E-state index in [1.165, 1.54) is 5.56 Å². The van der Waals surface area contributed by atoms with Gasteiger partial charge < -0.3 is 16.0 Å². The van der Waals surface area contributed by atoms with Gasteiger partial charge in [-0.05, 0) is 30.7 Å². The standard InChI is InChI=1S/C20H27N3O2.ClH/c21-17-8-4-7-14(17)9-19(24)22-15-10-20(25)23(12-15)18-11-16(18)13-5-2-1-3-6-13;/h1-3,5-6,14-18H,4,7-12,21H2,(H,22,24);1H/t14-,15?,16?,17+,18?;/m0./s1. The van der Waals surface area contributed by atoms with Gasteiger partial charge in [0.2, 0.25) is 11.8 Å². The maximum Gasteiger partial charge on any atom is 0.225 e. The van der Waals surface area contributed by atoms with E-state index in [1.807, 2.05) is 23.1 Å². The molecular weight excluding hydrogens is 350 g/mol. The molecule has 3 aliphatic rings. The lowest BCUT2D eigenvalue weighted by atomic mass is 9.99. The normalized spacial score (nSPS) is 33.0. The highest BCUT2D eigenvalue weighted by Crippen LogP contribution is 2.45. The molecule has 1 aliphatic heterocycles. The third-order valence-corrected chi connectivity index (χ3v) is 6.07. The number of hydrogen-bond donors (Lipinski definition) is 2. The highest BCUT2D eigenvalue weighted by Gasteiger charge is 2.48. The Kier molecular flexibility index (Phi) is 5.88. The van der Waals surface area contributed by atoms with Crippen LogP contribution in [0.3, 0.4) is 0 Å². The smallest absolute Gasteiger partial charge is 0.225 e. The summed E-state index contributed by atoms with van der Waals surface area (Å²) < 4.78 is 0. The first-order chi connectivity index (χ1) is 12.1. The molecule has 2 aliphatic carbocycles. The van der Waals surface area contributed by atoms with Crippen molar-refractivity contribution in [2.24, 2.45) is 11.7 Å². The summed E-state index contributed by atoms with van der Waals surface area (Å²) in [5, 5.41) is 3.07. The van der Waals surface area contributed by atoms with E-state index in [2.05, 4.69) is 17.4 Å². The van der Waals surface area contributed by atoms with Gasteiger partial charge in [-0.1, -0.05) is 36.8 Å². The number of carbonyl (C=O) groups excluding carboxylic acids is 2. The Labute approximate surface area is 161 Å². The fraction of sp³-hybridized carbons (Fsp3) is 0.600. The predicted octanol–water partition coefficient (Wildman–Crippen LogP) is 2.20. The van der Waals surface area contributed by atoms with Crippen LogP contribution in [0.2, 0.25) is 0 Å². The van der Waals surface area contributed by atoms with E-state index < -0.39 is 0 Å². The van der Waals surface area contributed by atoms with Gasteiger partial charge in [-0.15, -0.1) is 12.4 Å². The molecule has 3 N–H and O–H groups in total. The average molecular weight is 378 g/mol. The fourth-order valence-electron chi connectivity index (χ4n) is 4.58. The van der Waals surface area contributed by atoms with E-state index in [-0.39, 0.29) is 36.3 Å². The van der Waals surface area contributed by atoms with Crippen LogP contribution in [0.15, 0.2) is 30.3 Å². The van der Waals surface area contributed by atoms with Gasteiger partial charge in [-0.25, -0.2) is 0 Å². The van der Waals surface area contributed by atoms with Gasteiger partial charge in [0.1, 0.15) is 0 Å². The zero-order valence-corrected chi connectivity index (χ0v) is 15.8. The lowest BCUT2D eigenvalue weighted by molar-refractivity contribution is -0.128. The van der Waals surface area contributed by atoms with Gasteiger partial charge in [0.05, 0.1) is 6.04 Å². The molecule has 0 spiro atoms. The molecule has 142 valence electrons. The van der Waals surface area contributed by atoms with Crippen LogP contribution in [0.25, 0.3) is 0 Å². The van der Waals surface area contributed by atoms with Crippen molar-refractivity contribution in [3.8, 4) is 0 Å². The van der Waals surface area contributed by atoms with Crippen LogP contribution in [-0.4, -0.2) is 41.4 Å². The molecule has 6 heteroatoms. The van der Waals surface area contributed by atoms with E-state index >= 15 is 0 Å². The Morgan fingerprint density at radius 2 is 2.00 bits per heavy atom. The number of halogens is 1. The first kappa shape index (κ1) is 19.2. The second-order valence-electron chi connectivity index (χ2n) is 7.89. The molecule has 5 nitrogen and oxygen atoms in total. The molecule has 4 rings (SSSR count). The van der Waals surface area contributed by atoms with Crippen LogP contribution in [0.4, 0.5) is 0 Å². The average Bonchev–Trinajstić information content (AvgIpc) is 3.17. The van der Waals surface area contributed by atoms with E-state index in [0.717, 1.165) is 25.7 Å². The summed E-state index contributed by atoms with van der Waals surface area (Å²) in [6, 6.07) is 10.8. The number of amides is 2. The van der Waals surface area contributed by atoms with Gasteiger partial charge in [0.25, 0.3) is 0 Å². The number of carbonyl (C=O) groups is 2. The van der Waals surface area contributed by atoms with Gasteiger partial charge in [-0.2, -0.15) is 0 Å². The van der Waals surface area contributed by atoms with Gasteiger partial charge in [0.15, 0.2) is 0 Å². The first-order valence-corrected chi connectivity index (χ1v) is 9.51. The molecule has 3 unspecified atom stereocenters. The Hall–Kier alpha value is -1.59. The zero-order valence-electron chi connectivity index (χ0n) is 15.0. The highest BCUT2D eigenvalue weighted by atomic mass is 35.5. The molecule has 5 atom stereocenters. The molecule has 0 radical (unpaired) electrons. The molecule has 3 fully saturated rings. The second-order valence-corrected chi connectivity index (χ2v) is 7.89. The quantitative estimate of drug-likeness (QED) is 0.825. The van der Waals surface area contributed by atoms with Crippen molar-refractivity contribution in [3.05, 3.63) is 35.9 Å². The number of nitrogens with two attached hydrogens (primary N) is 1. The first-order valence-electron chi connectivity index (χ1n) is 9.51. The third kappa shape index (κ3) is 4.04. The number of rotatable bonds is 5. The zero-order chi connectivity index (χ0) is 17.4. The minimum absolute atomic E-state index is 0. The lowest BCUT2D eigenvalue weighted by Gasteiger charge is -2.19. The largest absolute Gasteiger partial charge is 0.351 e. The Morgan fingerprint density at radius 1 is 1.23 bits per heavy atom. The number of hydrogen-bond acceptors (Lipinski definition) is 3. The Balaban J connectivity index is 0.00000196. The monoisotopic (exact) mass is 377 g/mol. The molecular formula is C20H28ClN3O2. The maximum atomic E-state index is 12.4. The maximum absolute atomic E-state index is 12.4. The van der Waals surface area contributed by atoms with Crippen molar-refractivity contribution in [1.82, 2.24) is 10.2 Å². The van der Waals surface area contributed by atoms with Crippen molar-refractivity contribution in [3.63, 3.8) is 0 Å². The van der Waals surface area contributed by atoms with E-state index in [1.54, 1.807) is 0 Å². The molecule has 0 bridgehead atoms. The summed E-state index contributed by atoms with van der Waals surface area (Å²) in [7, 11) is 0. The van der Waals surface area contributed by atoms with Crippen molar-refractivity contribution < 1.29 is 9.59 Å². The number of nitrogens with one attached hydrogen (secondary N) is 1. The molecule has 1 heterocycles. The number of benzene rings is 1. The summed E-state index contributed by atoms with van der Waals surface area (Å²) in [4.78, 5) is 26.6. The molecule has 1 aromatic carbocycles. The molecule has 1 saturated heterocycles. The Bertz CT molecular complexity index is 654. The van der Waals surface area contributed by atoms with Crippen LogP contribution in [0, 0.1) is 5.92 Å². The topological polar surface area (TPSA) is 75.4 Å². The SMILES string of the molecule is Cl.N[C@@H]1CCC[C@H]1CC(=O)NC1CC(=O)N(C2CC2c2ccccc2)C1. The van der Waals surface area contributed by atoms with Crippen LogP contribution in [-0.2, 0) is 9.59 Å². The van der Waals surface area contributed by atoms with Crippen molar-refractivity contribution in [2.45, 2.75) is 62.6 Å². The molecule has 2 saturated carbocycles. The fourth-order valence-corrected chi connectivity index (χ4v) is 4.58. The minimum Gasteiger partial charge on any atom is -0.351 e. The summed E-state index contributed by atoms with van der Waals surface area (Å²) in [5.41, 5.74) is 7.36. The van der Waals surface area contributed by atoms with Crippen LogP contribution < -0.4 is 11.1 Å². The van der Waals surface area contributed by atoms with E-state index in [4.69, 9.17) is 5.73 Å². The summed E-state index contributed by atoms with van der Waals surface area (Å²) in [6.07, 6.45) is 5.16. The van der Waals surface area contributed by atoms with Crippen LogP contribution >= 0.6 is 12.4 Å². The minimum atomic E-state index is -0.0466. The third-order valence-electron chi connectivity index (χ3n) is 6.07. The summed E-state index contributed by atoms with van der Waals surface area (Å²) in [5.74, 6) is 0.985.